The third-order valence-corrected chi connectivity index (χ3v) is 5.27. The molecule has 0 aliphatic carbocycles. The SMILES string of the molecule is C=C(C)c1ccc(C)c(C(OC(C)(C)C)C(=O)OC)c1-c1ccc2c(c1)CCCO2. The van der Waals surface area contributed by atoms with Crippen molar-refractivity contribution in [3.63, 3.8) is 0 Å². The first-order valence-electron chi connectivity index (χ1n) is 10.4. The van der Waals surface area contributed by atoms with Crippen molar-refractivity contribution in [2.45, 2.75) is 59.2 Å². The average molecular weight is 409 g/mol. The number of carbonyl (C=O) groups is 1. The van der Waals surface area contributed by atoms with Gasteiger partial charge in [0.2, 0.25) is 0 Å². The van der Waals surface area contributed by atoms with Gasteiger partial charge in [0.05, 0.1) is 19.3 Å². The average Bonchev–Trinajstić information content (AvgIpc) is 2.70. The van der Waals surface area contributed by atoms with E-state index in [1.807, 2.05) is 46.8 Å². The maximum absolute atomic E-state index is 12.9. The predicted molar refractivity (Wildman–Crippen MR) is 121 cm³/mol. The van der Waals surface area contributed by atoms with Crippen LogP contribution >= 0.6 is 0 Å². The summed E-state index contributed by atoms with van der Waals surface area (Å²) in [5, 5.41) is 0. The van der Waals surface area contributed by atoms with E-state index in [4.69, 9.17) is 14.2 Å². The van der Waals surface area contributed by atoms with E-state index in [1.165, 1.54) is 12.7 Å². The van der Waals surface area contributed by atoms with Crippen LogP contribution in [0, 0.1) is 6.92 Å². The van der Waals surface area contributed by atoms with Gasteiger partial charge in [0.1, 0.15) is 5.75 Å². The van der Waals surface area contributed by atoms with Crippen LogP contribution in [0.2, 0.25) is 0 Å². The molecular weight excluding hydrogens is 376 g/mol. The smallest absolute Gasteiger partial charge is 0.339 e. The van der Waals surface area contributed by atoms with Crippen LogP contribution in [-0.4, -0.2) is 25.3 Å². The number of esters is 1. The monoisotopic (exact) mass is 408 g/mol. The fourth-order valence-electron chi connectivity index (χ4n) is 3.93. The summed E-state index contributed by atoms with van der Waals surface area (Å²) in [7, 11) is 1.40. The molecule has 0 bridgehead atoms. The molecule has 0 spiro atoms. The van der Waals surface area contributed by atoms with E-state index in [0.717, 1.165) is 58.6 Å². The third kappa shape index (κ3) is 4.59. The zero-order valence-electron chi connectivity index (χ0n) is 18.9. The van der Waals surface area contributed by atoms with Crippen LogP contribution in [0.4, 0.5) is 0 Å². The van der Waals surface area contributed by atoms with Crippen LogP contribution in [0.15, 0.2) is 36.9 Å². The van der Waals surface area contributed by atoms with Gasteiger partial charge in [-0.2, -0.15) is 0 Å². The minimum Gasteiger partial charge on any atom is -0.493 e. The summed E-state index contributed by atoms with van der Waals surface area (Å²) < 4.78 is 17.2. The molecule has 1 aliphatic heterocycles. The molecule has 0 N–H and O–H groups in total. The van der Waals surface area contributed by atoms with Crippen molar-refractivity contribution in [1.82, 2.24) is 0 Å². The molecule has 1 heterocycles. The van der Waals surface area contributed by atoms with E-state index < -0.39 is 17.7 Å². The minimum absolute atomic E-state index is 0.408. The lowest BCUT2D eigenvalue weighted by Crippen LogP contribution is -2.29. The Hall–Kier alpha value is -2.59. The summed E-state index contributed by atoms with van der Waals surface area (Å²) in [6, 6.07) is 10.3. The van der Waals surface area contributed by atoms with Crippen molar-refractivity contribution in [2.24, 2.45) is 0 Å². The highest BCUT2D eigenvalue weighted by Crippen LogP contribution is 2.41. The summed E-state index contributed by atoms with van der Waals surface area (Å²) >= 11 is 0. The van der Waals surface area contributed by atoms with E-state index in [-0.39, 0.29) is 0 Å². The van der Waals surface area contributed by atoms with Crippen molar-refractivity contribution in [3.05, 3.63) is 59.2 Å². The molecule has 1 atom stereocenters. The first kappa shape index (κ1) is 22.1. The molecule has 2 aromatic rings. The summed E-state index contributed by atoms with van der Waals surface area (Å²) in [6.45, 7) is 14.8. The normalized spacial score (nSPS) is 14.5. The number of fused-ring (bicyclic) bond motifs is 1. The predicted octanol–water partition coefficient (Wildman–Crippen LogP) is 6.05. The van der Waals surface area contributed by atoms with Crippen LogP contribution in [0.5, 0.6) is 5.75 Å². The maximum Gasteiger partial charge on any atom is 0.339 e. The van der Waals surface area contributed by atoms with Crippen LogP contribution in [0.1, 0.15) is 62.5 Å². The van der Waals surface area contributed by atoms with Gasteiger partial charge in [-0.1, -0.05) is 30.4 Å². The van der Waals surface area contributed by atoms with Gasteiger partial charge in [0.25, 0.3) is 0 Å². The molecule has 0 aromatic heterocycles. The Balaban J connectivity index is 2.29. The Bertz CT molecular complexity index is 966. The van der Waals surface area contributed by atoms with Crippen molar-refractivity contribution in [1.29, 1.82) is 0 Å². The fourth-order valence-corrected chi connectivity index (χ4v) is 3.93. The van der Waals surface area contributed by atoms with E-state index >= 15 is 0 Å². The Kier molecular flexibility index (Phi) is 6.37. The van der Waals surface area contributed by atoms with E-state index in [9.17, 15) is 4.79 Å². The molecule has 0 saturated carbocycles. The lowest BCUT2D eigenvalue weighted by Gasteiger charge is -2.30. The summed E-state index contributed by atoms with van der Waals surface area (Å²) in [5.74, 6) is 0.529. The first-order chi connectivity index (χ1) is 14.1. The molecular formula is C26H32O4. The number of hydrogen-bond donors (Lipinski definition) is 0. The molecule has 0 amide bonds. The molecule has 30 heavy (non-hydrogen) atoms. The first-order valence-corrected chi connectivity index (χ1v) is 10.4. The van der Waals surface area contributed by atoms with Crippen LogP contribution < -0.4 is 4.74 Å². The summed E-state index contributed by atoms with van der Waals surface area (Å²) in [5.41, 5.74) is 6.39. The molecule has 2 aromatic carbocycles. The second kappa shape index (κ2) is 8.65. The highest BCUT2D eigenvalue weighted by atomic mass is 16.6. The fraction of sp³-hybridized carbons (Fsp3) is 0.423. The van der Waals surface area contributed by atoms with Crippen molar-refractivity contribution >= 4 is 11.5 Å². The van der Waals surface area contributed by atoms with E-state index in [2.05, 4.69) is 24.8 Å². The molecule has 0 saturated heterocycles. The van der Waals surface area contributed by atoms with Crippen molar-refractivity contribution in [2.75, 3.05) is 13.7 Å². The number of benzene rings is 2. The number of ether oxygens (including phenoxy) is 3. The Morgan fingerprint density at radius 3 is 2.57 bits per heavy atom. The third-order valence-electron chi connectivity index (χ3n) is 5.27. The number of hydrogen-bond acceptors (Lipinski definition) is 4. The summed E-state index contributed by atoms with van der Waals surface area (Å²) in [6.07, 6.45) is 1.14. The lowest BCUT2D eigenvalue weighted by molar-refractivity contribution is -0.164. The number of rotatable bonds is 5. The van der Waals surface area contributed by atoms with Gasteiger partial charge in [0, 0.05) is 5.56 Å². The quantitative estimate of drug-likeness (QED) is 0.565. The Morgan fingerprint density at radius 1 is 1.20 bits per heavy atom. The van der Waals surface area contributed by atoms with Crippen LogP contribution in [0.3, 0.4) is 0 Å². The maximum atomic E-state index is 12.9. The Morgan fingerprint density at radius 2 is 1.93 bits per heavy atom. The minimum atomic E-state index is -0.836. The topological polar surface area (TPSA) is 44.8 Å². The molecule has 0 fully saturated rings. The van der Waals surface area contributed by atoms with Gasteiger partial charge in [-0.05, 0) is 87.4 Å². The molecule has 1 unspecified atom stereocenters. The van der Waals surface area contributed by atoms with Gasteiger partial charge in [-0.3, -0.25) is 0 Å². The molecule has 3 rings (SSSR count). The van der Waals surface area contributed by atoms with Gasteiger partial charge >= 0.3 is 5.97 Å². The second-order valence-electron chi connectivity index (χ2n) is 8.91. The molecule has 160 valence electrons. The van der Waals surface area contributed by atoms with Crippen molar-refractivity contribution < 1.29 is 19.0 Å². The highest BCUT2D eigenvalue weighted by Gasteiger charge is 2.32. The van der Waals surface area contributed by atoms with Gasteiger partial charge < -0.3 is 14.2 Å². The highest BCUT2D eigenvalue weighted by molar-refractivity contribution is 5.88. The van der Waals surface area contributed by atoms with E-state index in [0.29, 0.717) is 0 Å². The molecule has 1 aliphatic rings. The second-order valence-corrected chi connectivity index (χ2v) is 8.91. The van der Waals surface area contributed by atoms with Crippen molar-refractivity contribution in [3.8, 4) is 16.9 Å². The Labute approximate surface area is 179 Å². The van der Waals surface area contributed by atoms with Crippen LogP contribution in [-0.2, 0) is 20.7 Å². The summed E-state index contributed by atoms with van der Waals surface area (Å²) in [4.78, 5) is 12.9. The molecule has 4 heteroatoms. The van der Waals surface area contributed by atoms with Gasteiger partial charge in [0.15, 0.2) is 6.10 Å². The zero-order chi connectivity index (χ0) is 22.1. The number of methoxy groups -OCH3 is 1. The van der Waals surface area contributed by atoms with Gasteiger partial charge in [-0.25, -0.2) is 4.79 Å². The molecule has 4 nitrogen and oxygen atoms in total. The number of allylic oxidation sites excluding steroid dienone is 1. The zero-order valence-corrected chi connectivity index (χ0v) is 18.9. The largest absolute Gasteiger partial charge is 0.493 e. The number of carbonyl (C=O) groups excluding carboxylic acids is 1. The van der Waals surface area contributed by atoms with E-state index in [1.54, 1.807) is 0 Å². The molecule has 0 radical (unpaired) electrons. The van der Waals surface area contributed by atoms with Gasteiger partial charge in [-0.15, -0.1) is 0 Å². The lowest BCUT2D eigenvalue weighted by atomic mass is 9.85. The standard InChI is InChI=1S/C26H32O4/c1-16(2)20-12-10-17(3)22(24(25(27)28-7)30-26(4,5)6)23(20)19-11-13-21-18(15-19)9-8-14-29-21/h10-13,15,24H,1,8-9,14H2,2-7H3. The number of aryl methyl sites for hydroxylation is 2. The van der Waals surface area contributed by atoms with Crippen LogP contribution in [0.25, 0.3) is 16.7 Å².